The van der Waals surface area contributed by atoms with E-state index in [0.717, 1.165) is 31.6 Å². The molecule has 0 aromatic heterocycles. The number of amides is 3. The van der Waals surface area contributed by atoms with Gasteiger partial charge < -0.3 is 20.4 Å². The minimum absolute atomic E-state index is 0.0130. The molecule has 6 nitrogen and oxygen atoms in total. The average molecular weight is 358 g/mol. The van der Waals surface area contributed by atoms with Crippen molar-refractivity contribution in [2.24, 2.45) is 5.92 Å². The maximum absolute atomic E-state index is 12.5. The molecule has 1 aromatic rings. The van der Waals surface area contributed by atoms with E-state index in [0.29, 0.717) is 32.0 Å². The van der Waals surface area contributed by atoms with Gasteiger partial charge >= 0.3 is 6.03 Å². The first-order valence-electron chi connectivity index (χ1n) is 9.75. The second-order valence-electron chi connectivity index (χ2n) is 7.40. The lowest BCUT2D eigenvalue weighted by atomic mass is 10.1. The summed E-state index contributed by atoms with van der Waals surface area (Å²) in [7, 11) is 0. The van der Waals surface area contributed by atoms with Gasteiger partial charge in [0.05, 0.1) is 0 Å². The lowest BCUT2D eigenvalue weighted by Gasteiger charge is -2.18. The van der Waals surface area contributed by atoms with E-state index < -0.39 is 6.04 Å². The molecule has 0 saturated carbocycles. The fraction of sp³-hybridized carbons (Fsp3) is 0.600. The van der Waals surface area contributed by atoms with Gasteiger partial charge in [-0.2, -0.15) is 0 Å². The summed E-state index contributed by atoms with van der Waals surface area (Å²) < 4.78 is 0. The van der Waals surface area contributed by atoms with Crippen LogP contribution in [0, 0.1) is 5.92 Å². The van der Waals surface area contributed by atoms with Crippen LogP contribution in [0.25, 0.3) is 0 Å². The highest BCUT2D eigenvalue weighted by Gasteiger charge is 2.32. The zero-order chi connectivity index (χ0) is 18.4. The molecule has 2 aliphatic rings. The first-order valence-corrected chi connectivity index (χ1v) is 9.75. The molecule has 2 unspecified atom stereocenters. The number of benzene rings is 1. The van der Waals surface area contributed by atoms with Gasteiger partial charge in [-0.05, 0) is 43.8 Å². The highest BCUT2D eigenvalue weighted by Crippen LogP contribution is 2.16. The van der Waals surface area contributed by atoms with Crippen LogP contribution in [0.5, 0.6) is 0 Å². The zero-order valence-corrected chi connectivity index (χ0v) is 15.6. The summed E-state index contributed by atoms with van der Waals surface area (Å²) in [6.07, 6.45) is 2.98. The van der Waals surface area contributed by atoms with Crippen molar-refractivity contribution in [3.05, 3.63) is 35.9 Å². The third-order valence-corrected chi connectivity index (χ3v) is 5.28. The molecular formula is C20H30N4O2. The van der Waals surface area contributed by atoms with E-state index in [2.05, 4.69) is 22.5 Å². The van der Waals surface area contributed by atoms with Crippen molar-refractivity contribution in [2.75, 3.05) is 32.7 Å². The third-order valence-electron chi connectivity index (χ3n) is 5.28. The van der Waals surface area contributed by atoms with E-state index in [1.54, 1.807) is 0 Å². The summed E-state index contributed by atoms with van der Waals surface area (Å²) in [5.41, 5.74) is 1.11. The Balaban J connectivity index is 1.39. The van der Waals surface area contributed by atoms with Crippen molar-refractivity contribution >= 4 is 11.9 Å². The number of likely N-dealkylation sites (tertiary alicyclic amines) is 2. The number of carbonyl (C=O) groups excluding carboxylic acids is 2. The van der Waals surface area contributed by atoms with Crippen molar-refractivity contribution in [1.29, 1.82) is 0 Å². The molecule has 3 amide bonds. The SMILES string of the molecule is CCCN1CCC(CNC(=O)NC2CCN(Cc3ccccc3)C2=O)C1. The molecule has 2 aliphatic heterocycles. The average Bonchev–Trinajstić information content (AvgIpc) is 3.23. The summed E-state index contributed by atoms with van der Waals surface area (Å²) in [6.45, 7) is 7.48. The van der Waals surface area contributed by atoms with Gasteiger partial charge in [-0.1, -0.05) is 37.3 Å². The Bertz CT molecular complexity index is 607. The second kappa shape index (κ2) is 9.03. The molecule has 26 heavy (non-hydrogen) atoms. The van der Waals surface area contributed by atoms with Crippen molar-refractivity contribution < 1.29 is 9.59 Å². The number of urea groups is 1. The van der Waals surface area contributed by atoms with E-state index >= 15 is 0 Å². The van der Waals surface area contributed by atoms with E-state index in [9.17, 15) is 9.59 Å². The predicted octanol–water partition coefficient (Wildman–Crippen LogP) is 1.82. The highest BCUT2D eigenvalue weighted by atomic mass is 16.2. The number of hydrogen-bond acceptors (Lipinski definition) is 3. The molecule has 0 aliphatic carbocycles. The van der Waals surface area contributed by atoms with Crippen LogP contribution in [0.15, 0.2) is 30.3 Å². The molecule has 142 valence electrons. The van der Waals surface area contributed by atoms with E-state index in [1.165, 1.54) is 6.42 Å². The molecule has 2 atom stereocenters. The highest BCUT2D eigenvalue weighted by molar-refractivity contribution is 5.88. The van der Waals surface area contributed by atoms with Gasteiger partial charge in [-0.15, -0.1) is 0 Å². The maximum Gasteiger partial charge on any atom is 0.315 e. The largest absolute Gasteiger partial charge is 0.338 e. The topological polar surface area (TPSA) is 64.7 Å². The minimum Gasteiger partial charge on any atom is -0.338 e. The molecule has 6 heteroatoms. The van der Waals surface area contributed by atoms with Gasteiger partial charge in [0.1, 0.15) is 6.04 Å². The summed E-state index contributed by atoms with van der Waals surface area (Å²) >= 11 is 0. The molecule has 2 fully saturated rings. The lowest BCUT2D eigenvalue weighted by Crippen LogP contribution is -2.47. The zero-order valence-electron chi connectivity index (χ0n) is 15.6. The second-order valence-corrected chi connectivity index (χ2v) is 7.40. The number of nitrogens with one attached hydrogen (secondary N) is 2. The summed E-state index contributed by atoms with van der Waals surface area (Å²) in [5.74, 6) is 0.528. The Morgan fingerprint density at radius 1 is 1.19 bits per heavy atom. The fourth-order valence-corrected chi connectivity index (χ4v) is 3.88. The normalized spacial score (nSPS) is 23.4. The maximum atomic E-state index is 12.5. The van der Waals surface area contributed by atoms with Gasteiger partial charge in [0, 0.05) is 26.2 Å². The van der Waals surface area contributed by atoms with Gasteiger partial charge in [0.2, 0.25) is 5.91 Å². The number of hydrogen-bond donors (Lipinski definition) is 2. The Kier molecular flexibility index (Phi) is 6.50. The molecule has 0 bridgehead atoms. The van der Waals surface area contributed by atoms with E-state index in [1.807, 2.05) is 35.2 Å². The van der Waals surface area contributed by atoms with E-state index in [4.69, 9.17) is 0 Å². The monoisotopic (exact) mass is 358 g/mol. The Morgan fingerprint density at radius 3 is 2.77 bits per heavy atom. The van der Waals surface area contributed by atoms with Gasteiger partial charge in [0.25, 0.3) is 0 Å². The third kappa shape index (κ3) is 4.97. The molecule has 2 N–H and O–H groups in total. The molecular weight excluding hydrogens is 328 g/mol. The van der Waals surface area contributed by atoms with Crippen LogP contribution < -0.4 is 10.6 Å². The van der Waals surface area contributed by atoms with Gasteiger partial charge in [-0.25, -0.2) is 4.79 Å². The first-order chi connectivity index (χ1) is 12.7. The quantitative estimate of drug-likeness (QED) is 0.781. The number of nitrogens with zero attached hydrogens (tertiary/aromatic N) is 2. The number of rotatable bonds is 7. The first kappa shape index (κ1) is 18.7. The summed E-state index contributed by atoms with van der Waals surface area (Å²) in [5, 5.41) is 5.80. The minimum atomic E-state index is -0.404. The number of carbonyl (C=O) groups is 2. The molecule has 1 aromatic carbocycles. The van der Waals surface area contributed by atoms with Crippen LogP contribution >= 0.6 is 0 Å². The smallest absolute Gasteiger partial charge is 0.315 e. The Labute approximate surface area is 155 Å². The van der Waals surface area contributed by atoms with Crippen molar-refractivity contribution in [1.82, 2.24) is 20.4 Å². The molecule has 0 spiro atoms. The van der Waals surface area contributed by atoms with Crippen molar-refractivity contribution in [3.8, 4) is 0 Å². The molecule has 2 saturated heterocycles. The van der Waals surface area contributed by atoms with Crippen LogP contribution in [-0.2, 0) is 11.3 Å². The van der Waals surface area contributed by atoms with Gasteiger partial charge in [-0.3, -0.25) is 4.79 Å². The predicted molar refractivity (Wildman–Crippen MR) is 102 cm³/mol. The van der Waals surface area contributed by atoms with Crippen molar-refractivity contribution in [2.45, 2.75) is 38.8 Å². The summed E-state index contributed by atoms with van der Waals surface area (Å²) in [4.78, 5) is 28.9. The summed E-state index contributed by atoms with van der Waals surface area (Å²) in [6, 6.07) is 9.33. The van der Waals surface area contributed by atoms with Crippen LogP contribution in [0.1, 0.15) is 31.7 Å². The molecule has 3 rings (SSSR count). The van der Waals surface area contributed by atoms with Crippen molar-refractivity contribution in [3.63, 3.8) is 0 Å². The fourth-order valence-electron chi connectivity index (χ4n) is 3.88. The molecule has 2 heterocycles. The molecule has 0 radical (unpaired) electrons. The van der Waals surface area contributed by atoms with E-state index in [-0.39, 0.29) is 11.9 Å². The Morgan fingerprint density at radius 2 is 2.00 bits per heavy atom. The lowest BCUT2D eigenvalue weighted by molar-refractivity contribution is -0.129. The Hall–Kier alpha value is -2.08. The van der Waals surface area contributed by atoms with Crippen LogP contribution in [0.3, 0.4) is 0 Å². The van der Waals surface area contributed by atoms with Gasteiger partial charge in [0.15, 0.2) is 0 Å². The van der Waals surface area contributed by atoms with Crippen LogP contribution in [0.4, 0.5) is 4.79 Å². The van der Waals surface area contributed by atoms with Crippen LogP contribution in [0.2, 0.25) is 0 Å². The standard InChI is InChI=1S/C20H30N4O2/c1-2-10-23-11-8-17(14-23)13-21-20(26)22-18-9-12-24(19(18)25)15-16-6-4-3-5-7-16/h3-7,17-18H,2,8-15H2,1H3,(H2,21,22,26). The van der Waals surface area contributed by atoms with Crippen LogP contribution in [-0.4, -0.2) is 60.5 Å².